The number of esters is 1. The van der Waals surface area contributed by atoms with Gasteiger partial charge in [0.15, 0.2) is 6.10 Å². The Kier molecular flexibility index (Phi) is 6.39. The first-order valence-corrected chi connectivity index (χ1v) is 9.45. The van der Waals surface area contributed by atoms with E-state index >= 15 is 0 Å². The van der Waals surface area contributed by atoms with Gasteiger partial charge in [-0.25, -0.2) is 4.79 Å². The van der Waals surface area contributed by atoms with Gasteiger partial charge in [-0.15, -0.1) is 0 Å². The molecule has 7 heteroatoms. The molecule has 1 N–H and O–H groups in total. The second-order valence-corrected chi connectivity index (χ2v) is 6.92. The molecule has 2 atom stereocenters. The van der Waals surface area contributed by atoms with Crippen molar-refractivity contribution in [2.75, 3.05) is 0 Å². The number of rotatable bonds is 6. The Hall–Kier alpha value is -3.48. The van der Waals surface area contributed by atoms with Crippen molar-refractivity contribution in [3.63, 3.8) is 0 Å². The van der Waals surface area contributed by atoms with Gasteiger partial charge >= 0.3 is 5.97 Å². The van der Waals surface area contributed by atoms with Gasteiger partial charge in [0, 0.05) is 18.2 Å². The van der Waals surface area contributed by atoms with Crippen molar-refractivity contribution in [1.82, 2.24) is 5.32 Å². The summed E-state index contributed by atoms with van der Waals surface area (Å²) in [5.74, 6) is -1.05. The maximum absolute atomic E-state index is 12.5. The normalized spacial score (nSPS) is 16.7. The van der Waals surface area contributed by atoms with Crippen molar-refractivity contribution < 1.29 is 19.2 Å². The minimum absolute atomic E-state index is 0.0685. The summed E-state index contributed by atoms with van der Waals surface area (Å²) in [7, 11) is 0. The molecule has 150 valence electrons. The van der Waals surface area contributed by atoms with Gasteiger partial charge in [0.2, 0.25) is 0 Å². The fraction of sp³-hybridized carbons (Fsp3) is 0.273. The van der Waals surface area contributed by atoms with Gasteiger partial charge in [-0.05, 0) is 49.0 Å². The molecule has 0 fully saturated rings. The lowest BCUT2D eigenvalue weighted by atomic mass is 9.87. The zero-order chi connectivity index (χ0) is 20.8. The number of nitro groups is 1. The molecule has 0 spiro atoms. The summed E-state index contributed by atoms with van der Waals surface area (Å²) < 4.78 is 5.17. The predicted octanol–water partition coefficient (Wildman–Crippen LogP) is 3.73. The van der Waals surface area contributed by atoms with E-state index in [-0.39, 0.29) is 17.6 Å². The number of amides is 1. The molecule has 1 amide bonds. The van der Waals surface area contributed by atoms with Crippen LogP contribution in [-0.2, 0) is 20.7 Å². The van der Waals surface area contributed by atoms with Crippen LogP contribution >= 0.6 is 0 Å². The van der Waals surface area contributed by atoms with Crippen molar-refractivity contribution in [3.05, 3.63) is 81.4 Å². The molecule has 0 saturated carbocycles. The number of benzene rings is 2. The SMILES string of the molecule is C[C@@H](OC(=O)/C=C/c1cccc([N+](=O)[O-])c1)C(=O)N[C@@H]1CCCc2ccccc21. The fourth-order valence-corrected chi connectivity index (χ4v) is 3.37. The van der Waals surface area contributed by atoms with Crippen LogP contribution in [0.4, 0.5) is 5.69 Å². The molecule has 0 aliphatic heterocycles. The van der Waals surface area contributed by atoms with Crippen molar-refractivity contribution in [2.24, 2.45) is 0 Å². The summed E-state index contributed by atoms with van der Waals surface area (Å²) in [4.78, 5) is 34.8. The molecular formula is C22H22N2O5. The van der Waals surface area contributed by atoms with Crippen molar-refractivity contribution in [2.45, 2.75) is 38.3 Å². The zero-order valence-corrected chi connectivity index (χ0v) is 16.0. The van der Waals surface area contributed by atoms with Gasteiger partial charge in [0.05, 0.1) is 11.0 Å². The van der Waals surface area contributed by atoms with E-state index in [0.29, 0.717) is 5.56 Å². The number of hydrogen-bond acceptors (Lipinski definition) is 5. The number of aryl methyl sites for hydroxylation is 1. The molecule has 0 heterocycles. The van der Waals surface area contributed by atoms with Crippen LogP contribution in [0.1, 0.15) is 42.5 Å². The van der Waals surface area contributed by atoms with E-state index in [1.165, 1.54) is 36.8 Å². The smallest absolute Gasteiger partial charge is 0.331 e. The largest absolute Gasteiger partial charge is 0.449 e. The van der Waals surface area contributed by atoms with Crippen molar-refractivity contribution >= 4 is 23.6 Å². The van der Waals surface area contributed by atoms with Crippen LogP contribution in [0, 0.1) is 10.1 Å². The first-order chi connectivity index (χ1) is 13.9. The highest BCUT2D eigenvalue weighted by Crippen LogP contribution is 2.29. The highest BCUT2D eigenvalue weighted by atomic mass is 16.6. The lowest BCUT2D eigenvalue weighted by molar-refractivity contribution is -0.384. The van der Waals surface area contributed by atoms with Gasteiger partial charge in [0.1, 0.15) is 0 Å². The van der Waals surface area contributed by atoms with E-state index in [2.05, 4.69) is 11.4 Å². The Bertz CT molecular complexity index is 954. The monoisotopic (exact) mass is 394 g/mol. The number of carbonyl (C=O) groups excluding carboxylic acids is 2. The first kappa shape index (κ1) is 20.3. The number of ether oxygens (including phenoxy) is 1. The summed E-state index contributed by atoms with van der Waals surface area (Å²) >= 11 is 0. The Morgan fingerprint density at radius 3 is 2.83 bits per heavy atom. The summed E-state index contributed by atoms with van der Waals surface area (Å²) in [6.45, 7) is 1.52. The number of nitrogens with zero attached hydrogens (tertiary/aromatic N) is 1. The number of carbonyl (C=O) groups is 2. The molecule has 2 aromatic rings. The van der Waals surface area contributed by atoms with E-state index < -0.39 is 17.0 Å². The Morgan fingerprint density at radius 2 is 2.03 bits per heavy atom. The Morgan fingerprint density at radius 1 is 1.24 bits per heavy atom. The fourth-order valence-electron chi connectivity index (χ4n) is 3.37. The number of non-ortho nitro benzene ring substituents is 1. The van der Waals surface area contributed by atoms with Gasteiger partial charge in [-0.1, -0.05) is 36.4 Å². The van der Waals surface area contributed by atoms with Crippen LogP contribution in [0.3, 0.4) is 0 Å². The molecule has 7 nitrogen and oxygen atoms in total. The molecule has 2 aromatic carbocycles. The van der Waals surface area contributed by atoms with E-state index in [4.69, 9.17) is 4.74 Å². The van der Waals surface area contributed by atoms with Crippen LogP contribution < -0.4 is 5.32 Å². The van der Waals surface area contributed by atoms with Gasteiger partial charge in [-0.2, -0.15) is 0 Å². The van der Waals surface area contributed by atoms with Crippen LogP contribution in [0.15, 0.2) is 54.6 Å². The van der Waals surface area contributed by atoms with Gasteiger partial charge in [0.25, 0.3) is 11.6 Å². The molecule has 1 aliphatic carbocycles. The van der Waals surface area contributed by atoms with E-state index in [1.54, 1.807) is 6.07 Å². The molecule has 0 saturated heterocycles. The summed E-state index contributed by atoms with van der Waals surface area (Å²) in [5.41, 5.74) is 2.76. The van der Waals surface area contributed by atoms with Crippen LogP contribution in [0.2, 0.25) is 0 Å². The third-order valence-electron chi connectivity index (χ3n) is 4.84. The zero-order valence-electron chi connectivity index (χ0n) is 16.0. The quantitative estimate of drug-likeness (QED) is 0.348. The second kappa shape index (κ2) is 9.14. The minimum Gasteiger partial charge on any atom is -0.449 e. The average Bonchev–Trinajstić information content (AvgIpc) is 2.72. The highest BCUT2D eigenvalue weighted by Gasteiger charge is 2.24. The third-order valence-corrected chi connectivity index (χ3v) is 4.84. The van der Waals surface area contributed by atoms with Crippen molar-refractivity contribution in [3.8, 4) is 0 Å². The standard InChI is InChI=1S/C22H22N2O5/c1-15(22(26)23-20-11-5-8-17-7-2-3-10-19(17)20)29-21(25)13-12-16-6-4-9-18(14-16)24(27)28/h2-4,6-7,9-10,12-15,20H,5,8,11H2,1H3,(H,23,26)/b13-12+/t15-,20-/m1/s1. The van der Waals surface area contributed by atoms with Crippen LogP contribution in [0.5, 0.6) is 0 Å². The Balaban J connectivity index is 1.56. The number of nitro benzene ring substituents is 1. The van der Waals surface area contributed by atoms with E-state index in [1.807, 2.05) is 18.2 Å². The summed E-state index contributed by atoms with van der Waals surface area (Å²) in [5, 5.41) is 13.8. The van der Waals surface area contributed by atoms with Crippen LogP contribution in [0.25, 0.3) is 6.08 Å². The number of hydrogen-bond donors (Lipinski definition) is 1. The van der Waals surface area contributed by atoms with Gasteiger partial charge in [-0.3, -0.25) is 14.9 Å². The number of fused-ring (bicyclic) bond motifs is 1. The summed E-state index contributed by atoms with van der Waals surface area (Å²) in [6, 6.07) is 13.8. The average molecular weight is 394 g/mol. The minimum atomic E-state index is -0.952. The maximum Gasteiger partial charge on any atom is 0.331 e. The van der Waals surface area contributed by atoms with E-state index in [0.717, 1.165) is 30.9 Å². The molecular weight excluding hydrogens is 372 g/mol. The molecule has 0 aromatic heterocycles. The highest BCUT2D eigenvalue weighted by molar-refractivity contribution is 5.90. The summed E-state index contributed by atoms with van der Waals surface area (Å²) in [6.07, 6.45) is 4.44. The molecule has 3 rings (SSSR count). The third kappa shape index (κ3) is 5.28. The number of nitrogens with one attached hydrogen (secondary N) is 1. The lowest BCUT2D eigenvalue weighted by Crippen LogP contribution is -2.39. The van der Waals surface area contributed by atoms with E-state index in [9.17, 15) is 19.7 Å². The molecule has 0 unspecified atom stereocenters. The van der Waals surface area contributed by atoms with Crippen molar-refractivity contribution in [1.29, 1.82) is 0 Å². The second-order valence-electron chi connectivity index (χ2n) is 6.92. The maximum atomic E-state index is 12.5. The Labute approximate surface area is 168 Å². The van der Waals surface area contributed by atoms with Crippen LogP contribution in [-0.4, -0.2) is 22.9 Å². The topological polar surface area (TPSA) is 98.5 Å². The van der Waals surface area contributed by atoms with Gasteiger partial charge < -0.3 is 10.1 Å². The molecule has 0 bridgehead atoms. The molecule has 0 radical (unpaired) electrons. The first-order valence-electron chi connectivity index (χ1n) is 9.45. The molecule has 29 heavy (non-hydrogen) atoms. The molecule has 1 aliphatic rings. The lowest BCUT2D eigenvalue weighted by Gasteiger charge is -2.27. The predicted molar refractivity (Wildman–Crippen MR) is 108 cm³/mol.